The fourth-order valence-corrected chi connectivity index (χ4v) is 3.70. The number of benzene rings is 3. The highest BCUT2D eigenvalue weighted by atomic mass is 32.2. The third-order valence-corrected chi connectivity index (χ3v) is 5.59. The van der Waals surface area contributed by atoms with Crippen LogP contribution in [0, 0.1) is 0 Å². The van der Waals surface area contributed by atoms with Gasteiger partial charge >= 0.3 is 0 Å². The zero-order valence-electron chi connectivity index (χ0n) is 16.6. The van der Waals surface area contributed by atoms with Gasteiger partial charge in [-0.1, -0.05) is 67.9 Å². The number of amides is 1. The Labute approximate surface area is 176 Å². The molecule has 3 aromatic rings. The van der Waals surface area contributed by atoms with Crippen LogP contribution in [0.5, 0.6) is 0 Å². The van der Waals surface area contributed by atoms with Gasteiger partial charge < -0.3 is 5.32 Å². The second-order valence-electron chi connectivity index (χ2n) is 6.83. The van der Waals surface area contributed by atoms with E-state index in [4.69, 9.17) is 0 Å². The van der Waals surface area contributed by atoms with Crippen molar-refractivity contribution in [3.63, 3.8) is 0 Å². The predicted octanol–water partition coefficient (Wildman–Crippen LogP) is 6.46. The summed E-state index contributed by atoms with van der Waals surface area (Å²) in [6.07, 6.45) is 2.45. The topological polar surface area (TPSA) is 46.2 Å². The first-order chi connectivity index (χ1) is 14.2. The highest BCUT2D eigenvalue weighted by Gasteiger charge is 2.08. The molecule has 1 N–H and O–H groups in total. The van der Waals surface area contributed by atoms with Gasteiger partial charge in [0.25, 0.3) is 0 Å². The van der Waals surface area contributed by atoms with Crippen molar-refractivity contribution in [1.82, 2.24) is 0 Å². The average molecular weight is 404 g/mol. The highest BCUT2D eigenvalue weighted by Crippen LogP contribution is 2.23. The minimum absolute atomic E-state index is 0.0429. The van der Waals surface area contributed by atoms with Crippen LogP contribution in [-0.2, 0) is 4.79 Å². The first-order valence-corrected chi connectivity index (χ1v) is 10.9. The number of nitrogens with one attached hydrogen (secondary N) is 1. The Bertz CT molecular complexity index is 935. The van der Waals surface area contributed by atoms with Crippen molar-refractivity contribution in [1.29, 1.82) is 0 Å². The summed E-state index contributed by atoms with van der Waals surface area (Å²) in [7, 11) is 0. The molecule has 1 amide bonds. The number of carbonyl (C=O) groups excluding carboxylic acids is 2. The Morgan fingerprint density at radius 2 is 1.48 bits per heavy atom. The zero-order chi connectivity index (χ0) is 20.5. The van der Waals surface area contributed by atoms with Gasteiger partial charge in [0, 0.05) is 22.6 Å². The largest absolute Gasteiger partial charge is 0.326 e. The summed E-state index contributed by atoms with van der Waals surface area (Å²) < 4.78 is 0. The molecule has 0 saturated carbocycles. The third-order valence-electron chi connectivity index (χ3n) is 4.58. The van der Waals surface area contributed by atoms with Crippen molar-refractivity contribution in [2.75, 3.05) is 11.1 Å². The number of hydrogen-bond acceptors (Lipinski definition) is 3. The maximum Gasteiger partial charge on any atom is 0.224 e. The van der Waals surface area contributed by atoms with Crippen LogP contribution in [0.15, 0.2) is 83.8 Å². The molecule has 3 rings (SSSR count). The quantitative estimate of drug-likeness (QED) is 0.329. The summed E-state index contributed by atoms with van der Waals surface area (Å²) in [6.45, 7) is 2.07. The molecule has 0 saturated heterocycles. The Balaban J connectivity index is 1.52. The fraction of sp³-hybridized carbons (Fsp3) is 0.200. The third kappa shape index (κ3) is 6.33. The standard InChI is InChI=1S/C25H25NO2S/c1-2-3-9-25(28)26-22-14-16-23(17-15-22)29-18-24(27)21-12-10-20(11-13-21)19-7-5-4-6-8-19/h4-8,10-17H,2-3,9,18H2,1H3,(H,26,28). The van der Waals surface area contributed by atoms with E-state index in [1.165, 1.54) is 11.8 Å². The van der Waals surface area contributed by atoms with Gasteiger partial charge in [-0.25, -0.2) is 0 Å². The van der Waals surface area contributed by atoms with E-state index in [2.05, 4.69) is 24.4 Å². The first-order valence-electron chi connectivity index (χ1n) is 9.87. The molecule has 0 aliphatic heterocycles. The molecule has 3 nitrogen and oxygen atoms in total. The molecule has 3 aromatic carbocycles. The molecule has 4 heteroatoms. The summed E-state index contributed by atoms with van der Waals surface area (Å²) in [6, 6.07) is 25.5. The van der Waals surface area contributed by atoms with E-state index >= 15 is 0 Å². The molecule has 0 aromatic heterocycles. The van der Waals surface area contributed by atoms with Crippen LogP contribution >= 0.6 is 11.8 Å². The Hall–Kier alpha value is -2.85. The fourth-order valence-electron chi connectivity index (χ4n) is 2.91. The van der Waals surface area contributed by atoms with Crippen molar-refractivity contribution >= 4 is 29.1 Å². The second-order valence-corrected chi connectivity index (χ2v) is 7.88. The van der Waals surface area contributed by atoms with E-state index in [-0.39, 0.29) is 11.7 Å². The van der Waals surface area contributed by atoms with Crippen molar-refractivity contribution in [3.05, 3.63) is 84.4 Å². The molecule has 0 aliphatic carbocycles. The summed E-state index contributed by atoms with van der Waals surface area (Å²) in [5.41, 5.74) is 3.75. The number of carbonyl (C=O) groups is 2. The Kier molecular flexibility index (Phi) is 7.65. The first kappa shape index (κ1) is 20.9. The zero-order valence-corrected chi connectivity index (χ0v) is 17.4. The molecule has 0 atom stereocenters. The number of rotatable bonds is 9. The van der Waals surface area contributed by atoms with Crippen LogP contribution in [0.1, 0.15) is 36.5 Å². The van der Waals surface area contributed by atoms with Gasteiger partial charge in [0.15, 0.2) is 5.78 Å². The molecule has 29 heavy (non-hydrogen) atoms. The molecule has 0 aliphatic rings. The van der Waals surface area contributed by atoms with Gasteiger partial charge in [-0.15, -0.1) is 11.8 Å². The van der Waals surface area contributed by atoms with E-state index in [0.29, 0.717) is 12.2 Å². The predicted molar refractivity (Wildman–Crippen MR) is 122 cm³/mol. The lowest BCUT2D eigenvalue weighted by molar-refractivity contribution is -0.116. The van der Waals surface area contributed by atoms with Gasteiger partial charge in [-0.3, -0.25) is 9.59 Å². The molecule has 0 bridgehead atoms. The van der Waals surface area contributed by atoms with E-state index in [9.17, 15) is 9.59 Å². The van der Waals surface area contributed by atoms with E-state index in [1.807, 2.05) is 66.7 Å². The van der Waals surface area contributed by atoms with Gasteiger partial charge in [-0.2, -0.15) is 0 Å². The van der Waals surface area contributed by atoms with Crippen LogP contribution in [0.25, 0.3) is 11.1 Å². The van der Waals surface area contributed by atoms with Crippen LogP contribution in [0.2, 0.25) is 0 Å². The molecule has 0 unspecified atom stereocenters. The number of anilines is 1. The normalized spacial score (nSPS) is 10.5. The van der Waals surface area contributed by atoms with Gasteiger partial charge in [0.05, 0.1) is 5.75 Å². The molecule has 0 fully saturated rings. The van der Waals surface area contributed by atoms with Crippen molar-refractivity contribution in [2.45, 2.75) is 31.1 Å². The number of unbranched alkanes of at least 4 members (excludes halogenated alkanes) is 1. The SMILES string of the molecule is CCCCC(=O)Nc1ccc(SCC(=O)c2ccc(-c3ccccc3)cc2)cc1. The number of ketones is 1. The summed E-state index contributed by atoms with van der Waals surface area (Å²) >= 11 is 1.50. The molecule has 148 valence electrons. The van der Waals surface area contributed by atoms with E-state index < -0.39 is 0 Å². The number of Topliss-reactive ketones (excluding diaryl/α,β-unsaturated/α-hetero) is 1. The lowest BCUT2D eigenvalue weighted by Crippen LogP contribution is -2.10. The maximum absolute atomic E-state index is 12.5. The van der Waals surface area contributed by atoms with Crippen LogP contribution in [0.3, 0.4) is 0 Å². The smallest absolute Gasteiger partial charge is 0.224 e. The summed E-state index contributed by atoms with van der Waals surface area (Å²) in [5.74, 6) is 0.528. The van der Waals surface area contributed by atoms with Crippen LogP contribution in [0.4, 0.5) is 5.69 Å². The average Bonchev–Trinajstić information content (AvgIpc) is 2.77. The molecule has 0 heterocycles. The second kappa shape index (κ2) is 10.6. The number of thioether (sulfide) groups is 1. The van der Waals surface area contributed by atoms with Crippen molar-refractivity contribution < 1.29 is 9.59 Å². The van der Waals surface area contributed by atoms with Crippen LogP contribution in [-0.4, -0.2) is 17.4 Å². The monoisotopic (exact) mass is 403 g/mol. The molecular weight excluding hydrogens is 378 g/mol. The Morgan fingerprint density at radius 1 is 0.828 bits per heavy atom. The highest BCUT2D eigenvalue weighted by molar-refractivity contribution is 8.00. The lowest BCUT2D eigenvalue weighted by atomic mass is 10.0. The van der Waals surface area contributed by atoms with Crippen molar-refractivity contribution in [3.8, 4) is 11.1 Å². The number of hydrogen-bond donors (Lipinski definition) is 1. The lowest BCUT2D eigenvalue weighted by Gasteiger charge is -2.07. The van der Waals surface area contributed by atoms with E-state index in [0.717, 1.165) is 40.1 Å². The van der Waals surface area contributed by atoms with E-state index in [1.54, 1.807) is 0 Å². The summed E-state index contributed by atoms with van der Waals surface area (Å²) in [5, 5.41) is 2.90. The summed E-state index contributed by atoms with van der Waals surface area (Å²) in [4.78, 5) is 25.3. The van der Waals surface area contributed by atoms with Gasteiger partial charge in [0.1, 0.15) is 0 Å². The van der Waals surface area contributed by atoms with Crippen LogP contribution < -0.4 is 5.32 Å². The Morgan fingerprint density at radius 3 is 2.14 bits per heavy atom. The molecular formula is C25H25NO2S. The molecule has 0 spiro atoms. The van der Waals surface area contributed by atoms with Gasteiger partial charge in [0.2, 0.25) is 5.91 Å². The minimum atomic E-state index is 0.0429. The van der Waals surface area contributed by atoms with Crippen molar-refractivity contribution in [2.24, 2.45) is 0 Å². The molecule has 0 radical (unpaired) electrons. The maximum atomic E-state index is 12.5. The van der Waals surface area contributed by atoms with Gasteiger partial charge in [-0.05, 0) is 41.8 Å². The minimum Gasteiger partial charge on any atom is -0.326 e.